The largest absolute Gasteiger partial charge is 0.303 e. The van der Waals surface area contributed by atoms with Gasteiger partial charge in [-0.05, 0) is 92.4 Å². The quantitative estimate of drug-likeness (QED) is 0.259. The first-order chi connectivity index (χ1) is 15.3. The van der Waals surface area contributed by atoms with Gasteiger partial charge in [-0.25, -0.2) is 0 Å². The Morgan fingerprint density at radius 1 is 1.09 bits per heavy atom. The first-order valence-corrected chi connectivity index (χ1v) is 13.2. The highest BCUT2D eigenvalue weighted by atomic mass is 16.1. The van der Waals surface area contributed by atoms with Crippen LogP contribution in [0.1, 0.15) is 99.8 Å². The summed E-state index contributed by atoms with van der Waals surface area (Å²) in [5.74, 6) is 1.52. The molecule has 7 atom stereocenters. The van der Waals surface area contributed by atoms with E-state index in [4.69, 9.17) is 0 Å². The highest BCUT2D eigenvalue weighted by molar-refractivity contribution is 5.91. The maximum Gasteiger partial charge on any atom is 0.156 e. The molecule has 0 amide bonds. The van der Waals surface area contributed by atoms with Crippen LogP contribution in [0.2, 0.25) is 0 Å². The van der Waals surface area contributed by atoms with Crippen LogP contribution in [0.5, 0.6) is 0 Å². The smallest absolute Gasteiger partial charge is 0.156 e. The average Bonchev–Trinajstić information content (AvgIpc) is 3.00. The van der Waals surface area contributed by atoms with Crippen molar-refractivity contribution in [2.45, 2.75) is 99.8 Å². The average molecular weight is 453 g/mol. The van der Waals surface area contributed by atoms with Crippen LogP contribution in [-0.4, -0.2) is 17.9 Å². The van der Waals surface area contributed by atoms with Crippen LogP contribution in [-0.2, 0) is 14.4 Å². The summed E-state index contributed by atoms with van der Waals surface area (Å²) >= 11 is 0. The highest BCUT2D eigenvalue weighted by Gasteiger charge is 2.65. The zero-order valence-electron chi connectivity index (χ0n) is 21.9. The third-order valence-electron chi connectivity index (χ3n) is 11.2. The summed E-state index contributed by atoms with van der Waals surface area (Å²) in [6.07, 6.45) is 12.7. The molecule has 0 saturated heterocycles. The number of rotatable bonds is 5. The van der Waals surface area contributed by atoms with E-state index in [0.717, 1.165) is 50.4 Å². The fraction of sp³-hybridized carbons (Fsp3) is 0.767. The van der Waals surface area contributed by atoms with Crippen LogP contribution < -0.4 is 0 Å². The van der Waals surface area contributed by atoms with Crippen molar-refractivity contribution in [3.05, 3.63) is 23.3 Å². The van der Waals surface area contributed by atoms with E-state index in [1.807, 2.05) is 13.8 Å². The van der Waals surface area contributed by atoms with Crippen molar-refractivity contribution in [3.63, 3.8) is 0 Å². The minimum absolute atomic E-state index is 0.0371. The second-order valence-corrected chi connectivity index (χ2v) is 13.3. The third-order valence-corrected chi connectivity index (χ3v) is 11.2. The van der Waals surface area contributed by atoms with E-state index < -0.39 is 0 Å². The normalized spacial score (nSPS) is 42.3. The van der Waals surface area contributed by atoms with Crippen LogP contribution >= 0.6 is 0 Å². The van der Waals surface area contributed by atoms with Gasteiger partial charge in [0.15, 0.2) is 5.78 Å². The standard InChI is InChI=1S/C30H44O3/c1-19(2)16-21(32)17-20(18-31)22-10-14-30(7)24-8-9-25-27(3,4)26(33)12-13-28(25,5)23(24)11-15-29(22,30)6/h8,16,18,20,22-23,25H,9-15,17H2,1-7H3/t20-,22+,23+,25+,28-,29+,30-/m1/s1. The van der Waals surface area contributed by atoms with Crippen LogP contribution in [0, 0.1) is 45.3 Å². The maximum absolute atomic E-state index is 12.8. The maximum atomic E-state index is 12.8. The predicted molar refractivity (Wildman–Crippen MR) is 133 cm³/mol. The number of carbonyl (C=O) groups excluding carboxylic acids is 3. The lowest BCUT2D eigenvalue weighted by Gasteiger charge is -2.63. The zero-order chi connectivity index (χ0) is 24.4. The van der Waals surface area contributed by atoms with Gasteiger partial charge in [0.05, 0.1) is 0 Å². The molecule has 0 N–H and O–H groups in total. The van der Waals surface area contributed by atoms with Gasteiger partial charge in [0.2, 0.25) is 0 Å². The van der Waals surface area contributed by atoms with Crippen molar-refractivity contribution in [1.82, 2.24) is 0 Å². The SMILES string of the molecule is CC(C)=CC(=O)C[C@H](C=O)[C@@H]1CC[C@]2(C)C3=CC[C@H]4C(C)(C)C(=O)CC[C@]4(C)[C@H]3CC[C@@]12C. The van der Waals surface area contributed by atoms with E-state index >= 15 is 0 Å². The molecule has 3 nitrogen and oxygen atoms in total. The van der Waals surface area contributed by atoms with Crippen molar-refractivity contribution >= 4 is 17.9 Å². The van der Waals surface area contributed by atoms with E-state index in [0.29, 0.717) is 30.5 Å². The van der Waals surface area contributed by atoms with Gasteiger partial charge in [0, 0.05) is 24.2 Å². The van der Waals surface area contributed by atoms with E-state index in [-0.39, 0.29) is 39.3 Å². The van der Waals surface area contributed by atoms with E-state index in [2.05, 4.69) is 40.7 Å². The summed E-state index contributed by atoms with van der Waals surface area (Å²) in [7, 11) is 0. The number of carbonyl (C=O) groups is 3. The van der Waals surface area contributed by atoms with Crippen molar-refractivity contribution < 1.29 is 14.4 Å². The van der Waals surface area contributed by atoms with E-state index in [1.54, 1.807) is 11.6 Å². The molecule has 0 aromatic carbocycles. The van der Waals surface area contributed by atoms with Gasteiger partial charge in [-0.2, -0.15) is 0 Å². The molecule has 0 aromatic rings. The molecule has 3 fully saturated rings. The first-order valence-electron chi connectivity index (χ1n) is 13.2. The van der Waals surface area contributed by atoms with Crippen LogP contribution in [0.25, 0.3) is 0 Å². The molecule has 0 aliphatic heterocycles. The predicted octanol–water partition coefficient (Wildman–Crippen LogP) is 6.90. The Morgan fingerprint density at radius 2 is 1.79 bits per heavy atom. The fourth-order valence-electron chi connectivity index (χ4n) is 9.14. The van der Waals surface area contributed by atoms with E-state index in [9.17, 15) is 14.4 Å². The Kier molecular flexibility index (Phi) is 5.98. The molecule has 4 rings (SSSR count). The molecule has 0 aromatic heterocycles. The number of hydrogen-bond acceptors (Lipinski definition) is 3. The Hall–Kier alpha value is -1.51. The minimum atomic E-state index is -0.247. The third kappa shape index (κ3) is 3.47. The monoisotopic (exact) mass is 452 g/mol. The lowest BCUT2D eigenvalue weighted by Crippen LogP contribution is -2.57. The minimum Gasteiger partial charge on any atom is -0.303 e. The molecular formula is C30H44O3. The second kappa shape index (κ2) is 8.02. The Morgan fingerprint density at radius 3 is 2.42 bits per heavy atom. The van der Waals surface area contributed by atoms with Crippen molar-refractivity contribution in [3.8, 4) is 0 Å². The van der Waals surface area contributed by atoms with Gasteiger partial charge in [0.1, 0.15) is 12.1 Å². The number of aldehydes is 1. The van der Waals surface area contributed by atoms with E-state index in [1.165, 1.54) is 0 Å². The molecular weight excluding hydrogens is 408 g/mol. The van der Waals surface area contributed by atoms with Crippen LogP contribution in [0.15, 0.2) is 23.3 Å². The van der Waals surface area contributed by atoms with Crippen molar-refractivity contribution in [1.29, 1.82) is 0 Å². The van der Waals surface area contributed by atoms with Gasteiger partial charge in [-0.1, -0.05) is 51.8 Å². The van der Waals surface area contributed by atoms with Gasteiger partial charge in [-0.3, -0.25) is 9.59 Å². The van der Waals surface area contributed by atoms with Gasteiger partial charge in [-0.15, -0.1) is 0 Å². The zero-order valence-corrected chi connectivity index (χ0v) is 21.9. The summed E-state index contributed by atoms with van der Waals surface area (Å²) in [5, 5.41) is 0. The number of Topliss-reactive ketones (excluding diaryl/α,β-unsaturated/α-hetero) is 1. The highest BCUT2D eigenvalue weighted by Crippen LogP contribution is 2.73. The topological polar surface area (TPSA) is 51.2 Å². The molecule has 0 spiro atoms. The lowest BCUT2D eigenvalue weighted by atomic mass is 9.41. The molecule has 3 heteroatoms. The molecule has 3 saturated carbocycles. The number of fused-ring (bicyclic) bond motifs is 5. The summed E-state index contributed by atoms with van der Waals surface area (Å²) in [5.41, 5.74) is 2.65. The van der Waals surface area contributed by atoms with Gasteiger partial charge < -0.3 is 4.79 Å². The number of hydrogen-bond donors (Lipinski definition) is 0. The Bertz CT molecular complexity index is 919. The molecule has 0 radical (unpaired) electrons. The number of ketones is 2. The summed E-state index contributed by atoms with van der Waals surface area (Å²) in [4.78, 5) is 37.6. The lowest BCUT2D eigenvalue weighted by molar-refractivity contribution is -0.146. The molecule has 33 heavy (non-hydrogen) atoms. The molecule has 4 aliphatic rings. The van der Waals surface area contributed by atoms with Crippen LogP contribution in [0.4, 0.5) is 0 Å². The molecule has 182 valence electrons. The van der Waals surface area contributed by atoms with Crippen molar-refractivity contribution in [2.75, 3.05) is 0 Å². The summed E-state index contributed by atoms with van der Waals surface area (Å²) in [6, 6.07) is 0. The molecule has 4 aliphatic carbocycles. The summed E-state index contributed by atoms with van der Waals surface area (Å²) < 4.78 is 0. The fourth-order valence-corrected chi connectivity index (χ4v) is 9.14. The summed E-state index contributed by atoms with van der Waals surface area (Å²) in [6.45, 7) is 15.6. The van der Waals surface area contributed by atoms with Gasteiger partial charge in [0.25, 0.3) is 0 Å². The Balaban J connectivity index is 1.67. The molecule has 0 bridgehead atoms. The second-order valence-electron chi connectivity index (χ2n) is 13.3. The van der Waals surface area contributed by atoms with Crippen molar-refractivity contribution in [2.24, 2.45) is 45.3 Å². The molecule has 0 unspecified atom stereocenters. The Labute approximate surface area is 200 Å². The number of allylic oxidation sites excluding steroid dienone is 4. The first kappa shape index (κ1) is 24.6. The molecule has 0 heterocycles. The van der Waals surface area contributed by atoms with Gasteiger partial charge >= 0.3 is 0 Å². The van der Waals surface area contributed by atoms with Crippen LogP contribution in [0.3, 0.4) is 0 Å².